The Bertz CT molecular complexity index is 381. The van der Waals surface area contributed by atoms with E-state index in [4.69, 9.17) is 5.73 Å². The topological polar surface area (TPSA) is 42.1 Å². The van der Waals surface area contributed by atoms with E-state index < -0.39 is 0 Å². The van der Waals surface area contributed by atoms with Gasteiger partial charge in [0.2, 0.25) is 0 Å². The number of aromatic nitrogens is 1. The summed E-state index contributed by atoms with van der Waals surface area (Å²) in [5, 5.41) is 0. The number of pyridine rings is 1. The molecule has 0 unspecified atom stereocenters. The van der Waals surface area contributed by atoms with E-state index in [1.54, 1.807) is 0 Å². The molecule has 1 saturated heterocycles. The highest BCUT2D eigenvalue weighted by molar-refractivity contribution is 5.47. The molecule has 2 heterocycles. The van der Waals surface area contributed by atoms with Gasteiger partial charge in [-0.15, -0.1) is 0 Å². The van der Waals surface area contributed by atoms with Crippen LogP contribution in [0, 0.1) is 6.92 Å². The first-order valence-electron chi connectivity index (χ1n) is 7.19. The quantitative estimate of drug-likeness (QED) is 0.892. The predicted molar refractivity (Wildman–Crippen MR) is 76.9 cm³/mol. The fourth-order valence-corrected chi connectivity index (χ4v) is 2.64. The van der Waals surface area contributed by atoms with E-state index >= 15 is 0 Å². The lowest BCUT2D eigenvalue weighted by Crippen LogP contribution is -2.26. The first-order valence-corrected chi connectivity index (χ1v) is 7.19. The van der Waals surface area contributed by atoms with Crippen molar-refractivity contribution in [3.63, 3.8) is 0 Å². The molecule has 0 aromatic carbocycles. The Labute approximate surface area is 110 Å². The SMILES string of the molecule is CC[C@@H](N)c1cnc(N2CCCCCC2)c(C)c1. The maximum Gasteiger partial charge on any atom is 0.131 e. The molecule has 0 radical (unpaired) electrons. The minimum absolute atomic E-state index is 0.120. The third-order valence-corrected chi connectivity index (χ3v) is 3.85. The molecule has 0 aliphatic carbocycles. The van der Waals surface area contributed by atoms with Gasteiger partial charge in [-0.1, -0.05) is 19.8 Å². The van der Waals surface area contributed by atoms with Gasteiger partial charge in [0.25, 0.3) is 0 Å². The largest absolute Gasteiger partial charge is 0.356 e. The molecule has 3 nitrogen and oxygen atoms in total. The van der Waals surface area contributed by atoms with Gasteiger partial charge in [-0.25, -0.2) is 4.98 Å². The summed E-state index contributed by atoms with van der Waals surface area (Å²) in [7, 11) is 0. The van der Waals surface area contributed by atoms with Crippen molar-refractivity contribution in [3.05, 3.63) is 23.4 Å². The molecule has 0 saturated carbocycles. The second-order valence-electron chi connectivity index (χ2n) is 5.33. The van der Waals surface area contributed by atoms with Crippen LogP contribution in [0.25, 0.3) is 0 Å². The maximum atomic E-state index is 6.06. The summed E-state index contributed by atoms with van der Waals surface area (Å²) in [4.78, 5) is 7.09. The fraction of sp³-hybridized carbons (Fsp3) is 0.667. The van der Waals surface area contributed by atoms with Crippen LogP contribution >= 0.6 is 0 Å². The average Bonchev–Trinajstić information content (AvgIpc) is 2.66. The van der Waals surface area contributed by atoms with Crippen LogP contribution < -0.4 is 10.6 Å². The van der Waals surface area contributed by atoms with Crippen molar-refractivity contribution in [1.29, 1.82) is 0 Å². The second kappa shape index (κ2) is 6.19. The molecule has 1 aromatic heterocycles. The van der Waals surface area contributed by atoms with Crippen LogP contribution in [0.2, 0.25) is 0 Å². The van der Waals surface area contributed by atoms with Crippen molar-refractivity contribution < 1.29 is 0 Å². The van der Waals surface area contributed by atoms with Crippen LogP contribution in [0.3, 0.4) is 0 Å². The Balaban J connectivity index is 2.18. The minimum Gasteiger partial charge on any atom is -0.356 e. The fourth-order valence-electron chi connectivity index (χ4n) is 2.64. The van der Waals surface area contributed by atoms with Crippen molar-refractivity contribution in [1.82, 2.24) is 4.98 Å². The van der Waals surface area contributed by atoms with E-state index in [1.807, 2.05) is 6.20 Å². The molecule has 1 atom stereocenters. The number of hydrogen-bond acceptors (Lipinski definition) is 3. The number of anilines is 1. The van der Waals surface area contributed by atoms with Gasteiger partial charge in [0.1, 0.15) is 5.82 Å². The van der Waals surface area contributed by atoms with Gasteiger partial charge in [-0.2, -0.15) is 0 Å². The monoisotopic (exact) mass is 247 g/mol. The van der Waals surface area contributed by atoms with Crippen molar-refractivity contribution in [2.45, 2.75) is 52.0 Å². The van der Waals surface area contributed by atoms with Crippen LogP contribution in [0.4, 0.5) is 5.82 Å². The zero-order valence-electron chi connectivity index (χ0n) is 11.7. The van der Waals surface area contributed by atoms with Gasteiger partial charge < -0.3 is 10.6 Å². The molecule has 1 aliphatic rings. The highest BCUT2D eigenvalue weighted by atomic mass is 15.2. The first kappa shape index (κ1) is 13.3. The van der Waals surface area contributed by atoms with Crippen LogP contribution in [0.1, 0.15) is 56.2 Å². The third kappa shape index (κ3) is 3.02. The van der Waals surface area contributed by atoms with Gasteiger partial charge in [0.05, 0.1) is 0 Å². The van der Waals surface area contributed by atoms with Crippen molar-refractivity contribution >= 4 is 5.82 Å². The second-order valence-corrected chi connectivity index (χ2v) is 5.33. The summed E-state index contributed by atoms with van der Waals surface area (Å²) in [6.45, 7) is 6.56. The average molecular weight is 247 g/mol. The smallest absolute Gasteiger partial charge is 0.131 e. The van der Waals surface area contributed by atoms with E-state index in [-0.39, 0.29) is 6.04 Å². The highest BCUT2D eigenvalue weighted by Crippen LogP contribution is 2.24. The van der Waals surface area contributed by atoms with E-state index in [9.17, 15) is 0 Å². The van der Waals surface area contributed by atoms with E-state index in [2.05, 4.69) is 29.8 Å². The molecule has 2 rings (SSSR count). The lowest BCUT2D eigenvalue weighted by Gasteiger charge is -2.24. The highest BCUT2D eigenvalue weighted by Gasteiger charge is 2.14. The van der Waals surface area contributed by atoms with Gasteiger partial charge in [-0.05, 0) is 43.4 Å². The van der Waals surface area contributed by atoms with Crippen molar-refractivity contribution in [2.75, 3.05) is 18.0 Å². The van der Waals surface area contributed by atoms with Gasteiger partial charge in [0, 0.05) is 25.3 Å². The van der Waals surface area contributed by atoms with Crippen LogP contribution in [0.15, 0.2) is 12.3 Å². The van der Waals surface area contributed by atoms with Crippen molar-refractivity contribution in [2.24, 2.45) is 5.73 Å². The molecule has 100 valence electrons. The molecule has 1 fully saturated rings. The Morgan fingerprint density at radius 1 is 1.28 bits per heavy atom. The minimum atomic E-state index is 0.120. The molecule has 3 heteroatoms. The van der Waals surface area contributed by atoms with Gasteiger partial charge >= 0.3 is 0 Å². The van der Waals surface area contributed by atoms with E-state index in [0.717, 1.165) is 30.9 Å². The first-order chi connectivity index (χ1) is 8.72. The van der Waals surface area contributed by atoms with Gasteiger partial charge in [-0.3, -0.25) is 0 Å². The number of hydrogen-bond donors (Lipinski definition) is 1. The summed E-state index contributed by atoms with van der Waals surface area (Å²) in [6, 6.07) is 2.33. The Morgan fingerprint density at radius 3 is 2.50 bits per heavy atom. The third-order valence-electron chi connectivity index (χ3n) is 3.85. The molecule has 0 spiro atoms. The molecule has 0 bridgehead atoms. The number of aryl methyl sites for hydroxylation is 1. The lowest BCUT2D eigenvalue weighted by atomic mass is 10.1. The maximum absolute atomic E-state index is 6.06. The van der Waals surface area contributed by atoms with Crippen LogP contribution in [0.5, 0.6) is 0 Å². The molecule has 1 aliphatic heterocycles. The summed E-state index contributed by atoms with van der Waals surface area (Å²) >= 11 is 0. The molecule has 0 amide bonds. The Morgan fingerprint density at radius 2 is 1.94 bits per heavy atom. The molecular formula is C15H25N3. The summed E-state index contributed by atoms with van der Waals surface area (Å²) in [5.74, 6) is 1.16. The van der Waals surface area contributed by atoms with Gasteiger partial charge in [0.15, 0.2) is 0 Å². The number of rotatable bonds is 3. The zero-order valence-corrected chi connectivity index (χ0v) is 11.7. The van der Waals surface area contributed by atoms with Crippen LogP contribution in [-0.4, -0.2) is 18.1 Å². The van der Waals surface area contributed by atoms with E-state index in [0.29, 0.717) is 0 Å². The summed E-state index contributed by atoms with van der Waals surface area (Å²) < 4.78 is 0. The standard InChI is InChI=1S/C15H25N3/c1-3-14(16)13-10-12(2)15(17-11-13)18-8-6-4-5-7-9-18/h10-11,14H,3-9,16H2,1-2H3/t14-/m1/s1. The molecule has 1 aromatic rings. The number of nitrogens with zero attached hydrogens (tertiary/aromatic N) is 2. The lowest BCUT2D eigenvalue weighted by molar-refractivity contribution is 0.692. The normalized spacial score (nSPS) is 18.5. The summed E-state index contributed by atoms with van der Waals surface area (Å²) in [5.41, 5.74) is 8.49. The molecule has 18 heavy (non-hydrogen) atoms. The van der Waals surface area contributed by atoms with Crippen LogP contribution in [-0.2, 0) is 0 Å². The Kier molecular flexibility index (Phi) is 4.59. The molecule has 2 N–H and O–H groups in total. The number of nitrogens with two attached hydrogens (primary N) is 1. The predicted octanol–water partition coefficient (Wildman–Crippen LogP) is 3.18. The molecular weight excluding hydrogens is 222 g/mol. The van der Waals surface area contributed by atoms with Crippen molar-refractivity contribution in [3.8, 4) is 0 Å². The summed E-state index contributed by atoms with van der Waals surface area (Å²) in [6.07, 6.45) is 8.21. The van der Waals surface area contributed by atoms with E-state index in [1.165, 1.54) is 31.2 Å². The Hall–Kier alpha value is -1.09. The zero-order chi connectivity index (χ0) is 13.0.